The third-order valence-corrected chi connectivity index (χ3v) is 4.02. The van der Waals surface area contributed by atoms with E-state index in [1.165, 1.54) is 25.0 Å². The lowest BCUT2D eigenvalue weighted by atomic mass is 10.1. The van der Waals surface area contributed by atoms with E-state index in [0.29, 0.717) is 11.1 Å². The van der Waals surface area contributed by atoms with Gasteiger partial charge >= 0.3 is 0 Å². The number of benzene rings is 1. The molecule has 2 heterocycles. The van der Waals surface area contributed by atoms with Crippen LogP contribution in [0.25, 0.3) is 18.2 Å². The number of phenolic OH excluding ortho intramolecular Hbond substituents is 1. The molecule has 0 amide bonds. The van der Waals surface area contributed by atoms with Crippen molar-refractivity contribution >= 4 is 23.9 Å². The first-order chi connectivity index (χ1) is 11.2. The molecule has 0 bridgehead atoms. The number of phenols is 1. The van der Waals surface area contributed by atoms with Gasteiger partial charge in [-0.25, -0.2) is 4.39 Å². The van der Waals surface area contributed by atoms with Gasteiger partial charge in [0.2, 0.25) is 0 Å². The number of hydrogen-bond donors (Lipinski definition) is 1. The molecule has 0 aliphatic carbocycles. The van der Waals surface area contributed by atoms with Gasteiger partial charge in [0.1, 0.15) is 0 Å². The van der Waals surface area contributed by atoms with Gasteiger partial charge in [-0.05, 0) is 48.7 Å². The highest BCUT2D eigenvalue weighted by Crippen LogP contribution is 2.25. The van der Waals surface area contributed by atoms with Crippen molar-refractivity contribution in [3.8, 4) is 5.75 Å². The molecule has 3 nitrogen and oxygen atoms in total. The minimum absolute atomic E-state index is 0.370. The fourth-order valence-corrected chi connectivity index (χ4v) is 2.73. The number of anilines is 1. The van der Waals surface area contributed by atoms with Crippen molar-refractivity contribution in [3.05, 3.63) is 59.7 Å². The Balaban J connectivity index is 1.77. The van der Waals surface area contributed by atoms with Crippen molar-refractivity contribution < 1.29 is 9.50 Å². The Morgan fingerprint density at radius 2 is 1.96 bits per heavy atom. The maximum atomic E-state index is 13.6. The lowest BCUT2D eigenvalue weighted by Crippen LogP contribution is -2.17. The summed E-state index contributed by atoms with van der Waals surface area (Å²) in [5.41, 5.74) is 2.98. The summed E-state index contributed by atoms with van der Waals surface area (Å²) in [7, 11) is 0. The van der Waals surface area contributed by atoms with Crippen molar-refractivity contribution in [1.82, 2.24) is 4.98 Å². The second kappa shape index (κ2) is 6.65. The molecule has 3 rings (SSSR count). The second-order valence-electron chi connectivity index (χ2n) is 5.61. The molecule has 0 radical (unpaired) electrons. The van der Waals surface area contributed by atoms with E-state index in [4.69, 9.17) is 0 Å². The normalized spacial score (nSPS) is 14.6. The highest BCUT2D eigenvalue weighted by Gasteiger charge is 2.12. The predicted molar refractivity (Wildman–Crippen MR) is 92.8 cm³/mol. The quantitative estimate of drug-likeness (QED) is 0.912. The molecule has 4 heteroatoms. The molecular formula is C19H19FN2O. The van der Waals surface area contributed by atoms with Gasteiger partial charge in [0, 0.05) is 18.7 Å². The zero-order valence-corrected chi connectivity index (χ0v) is 12.9. The van der Waals surface area contributed by atoms with Gasteiger partial charge in [0.05, 0.1) is 17.6 Å². The van der Waals surface area contributed by atoms with Crippen LogP contribution < -0.4 is 4.90 Å². The maximum absolute atomic E-state index is 13.6. The smallest absolute Gasteiger partial charge is 0.166 e. The molecule has 0 unspecified atom stereocenters. The van der Waals surface area contributed by atoms with Crippen molar-refractivity contribution in [3.63, 3.8) is 0 Å². The maximum Gasteiger partial charge on any atom is 0.166 e. The van der Waals surface area contributed by atoms with Crippen LogP contribution in [0.1, 0.15) is 29.7 Å². The molecule has 1 aromatic carbocycles. The van der Waals surface area contributed by atoms with Crippen LogP contribution in [0, 0.1) is 5.82 Å². The van der Waals surface area contributed by atoms with Gasteiger partial charge in [-0.3, -0.25) is 4.98 Å². The number of rotatable bonds is 4. The number of hydrogen-bond acceptors (Lipinski definition) is 3. The Hall–Kier alpha value is -2.62. The van der Waals surface area contributed by atoms with Crippen LogP contribution >= 0.6 is 0 Å². The molecule has 1 aliphatic heterocycles. The molecular weight excluding hydrogens is 291 g/mol. The van der Waals surface area contributed by atoms with Crippen LogP contribution in [-0.2, 0) is 0 Å². The zero-order valence-electron chi connectivity index (χ0n) is 12.9. The molecule has 0 spiro atoms. The summed E-state index contributed by atoms with van der Waals surface area (Å²) in [4.78, 5) is 6.75. The Morgan fingerprint density at radius 3 is 2.61 bits per heavy atom. The fourth-order valence-electron chi connectivity index (χ4n) is 2.73. The van der Waals surface area contributed by atoms with Gasteiger partial charge < -0.3 is 10.0 Å². The van der Waals surface area contributed by atoms with E-state index in [0.717, 1.165) is 24.5 Å². The van der Waals surface area contributed by atoms with Crippen LogP contribution in [0.5, 0.6) is 5.75 Å². The topological polar surface area (TPSA) is 36.4 Å². The molecule has 0 saturated carbocycles. The summed E-state index contributed by atoms with van der Waals surface area (Å²) in [5.74, 6) is -1.02. The SMILES string of the molecule is C=Cc1cc(/C=C/c2ccc(N3CCCC3)cn2)cc(F)c1O. The third-order valence-electron chi connectivity index (χ3n) is 4.02. The van der Waals surface area contributed by atoms with Gasteiger partial charge in [-0.2, -0.15) is 0 Å². The molecule has 1 saturated heterocycles. The number of pyridine rings is 1. The number of nitrogens with zero attached hydrogens (tertiary/aromatic N) is 2. The Morgan fingerprint density at radius 1 is 1.17 bits per heavy atom. The number of aromatic hydroxyl groups is 1. The minimum Gasteiger partial charge on any atom is -0.504 e. The Bertz CT molecular complexity index is 732. The molecule has 2 aromatic rings. The summed E-state index contributed by atoms with van der Waals surface area (Å²) in [6, 6.07) is 6.98. The van der Waals surface area contributed by atoms with E-state index in [1.54, 1.807) is 12.1 Å². The van der Waals surface area contributed by atoms with E-state index in [1.807, 2.05) is 18.3 Å². The van der Waals surface area contributed by atoms with Crippen molar-refractivity contribution in [2.24, 2.45) is 0 Å². The first-order valence-corrected chi connectivity index (χ1v) is 7.71. The van der Waals surface area contributed by atoms with E-state index in [9.17, 15) is 9.50 Å². The molecule has 0 atom stereocenters. The summed E-state index contributed by atoms with van der Waals surface area (Å²) < 4.78 is 13.6. The number of halogens is 1. The van der Waals surface area contributed by atoms with Crippen LogP contribution in [-0.4, -0.2) is 23.2 Å². The van der Waals surface area contributed by atoms with Crippen molar-refractivity contribution in [2.45, 2.75) is 12.8 Å². The molecule has 23 heavy (non-hydrogen) atoms. The molecule has 118 valence electrons. The monoisotopic (exact) mass is 310 g/mol. The molecule has 1 fully saturated rings. The lowest BCUT2D eigenvalue weighted by molar-refractivity contribution is 0.431. The molecule has 1 aromatic heterocycles. The first kappa shape index (κ1) is 15.3. The van der Waals surface area contributed by atoms with Crippen LogP contribution in [0.3, 0.4) is 0 Å². The lowest BCUT2D eigenvalue weighted by Gasteiger charge is -2.16. The van der Waals surface area contributed by atoms with Crippen LogP contribution in [0.4, 0.5) is 10.1 Å². The van der Waals surface area contributed by atoms with Crippen molar-refractivity contribution in [2.75, 3.05) is 18.0 Å². The van der Waals surface area contributed by atoms with Gasteiger partial charge in [0.15, 0.2) is 11.6 Å². The first-order valence-electron chi connectivity index (χ1n) is 7.71. The Kier molecular flexibility index (Phi) is 4.42. The highest BCUT2D eigenvalue weighted by molar-refractivity contribution is 5.71. The minimum atomic E-state index is -0.653. The molecule has 1 aliphatic rings. The van der Waals surface area contributed by atoms with Gasteiger partial charge in [-0.1, -0.05) is 18.7 Å². The molecule has 1 N–H and O–H groups in total. The fraction of sp³-hybridized carbons (Fsp3) is 0.211. The Labute approximate surface area is 135 Å². The van der Waals surface area contributed by atoms with E-state index in [2.05, 4.69) is 22.5 Å². The zero-order chi connectivity index (χ0) is 16.2. The van der Waals surface area contributed by atoms with Crippen molar-refractivity contribution in [1.29, 1.82) is 0 Å². The van der Waals surface area contributed by atoms with Crippen LogP contribution in [0.2, 0.25) is 0 Å². The average Bonchev–Trinajstić information content (AvgIpc) is 3.11. The summed E-state index contributed by atoms with van der Waals surface area (Å²) >= 11 is 0. The van der Waals surface area contributed by atoms with E-state index < -0.39 is 5.82 Å². The third kappa shape index (κ3) is 3.42. The largest absolute Gasteiger partial charge is 0.504 e. The second-order valence-corrected chi connectivity index (χ2v) is 5.61. The van der Waals surface area contributed by atoms with E-state index in [-0.39, 0.29) is 5.75 Å². The van der Waals surface area contributed by atoms with Crippen LogP contribution in [0.15, 0.2) is 37.0 Å². The predicted octanol–water partition coefficient (Wildman–Crippen LogP) is 4.34. The van der Waals surface area contributed by atoms with E-state index >= 15 is 0 Å². The summed E-state index contributed by atoms with van der Waals surface area (Å²) in [6.45, 7) is 5.75. The number of aromatic nitrogens is 1. The highest BCUT2D eigenvalue weighted by atomic mass is 19.1. The summed E-state index contributed by atoms with van der Waals surface area (Å²) in [6.07, 6.45) is 9.37. The summed E-state index contributed by atoms with van der Waals surface area (Å²) in [5, 5.41) is 9.55. The standard InChI is InChI=1S/C19H19FN2O/c1-2-15-11-14(12-18(20)19(15)23)5-6-16-7-8-17(13-21-16)22-9-3-4-10-22/h2,5-8,11-13,23H,1,3-4,9-10H2/b6-5+. The van der Waals surface area contributed by atoms with Gasteiger partial charge in [-0.15, -0.1) is 0 Å². The van der Waals surface area contributed by atoms with Gasteiger partial charge in [0.25, 0.3) is 0 Å². The average molecular weight is 310 g/mol.